The molecule has 0 aromatic rings. The van der Waals surface area contributed by atoms with Crippen LogP contribution in [0.5, 0.6) is 0 Å². The summed E-state index contributed by atoms with van der Waals surface area (Å²) in [4.78, 5) is 11.3. The lowest BCUT2D eigenvalue weighted by Crippen LogP contribution is -2.28. The zero-order valence-electron chi connectivity index (χ0n) is 12.7. The Balaban J connectivity index is 2.54. The van der Waals surface area contributed by atoms with E-state index in [0.717, 1.165) is 5.92 Å². The van der Waals surface area contributed by atoms with Crippen molar-refractivity contribution < 1.29 is 9.53 Å². The van der Waals surface area contributed by atoms with Crippen molar-refractivity contribution in [2.45, 2.75) is 71.6 Å². The van der Waals surface area contributed by atoms with Crippen molar-refractivity contribution in [1.82, 2.24) is 0 Å². The summed E-state index contributed by atoms with van der Waals surface area (Å²) in [7, 11) is 0. The Hall–Kier alpha value is -0.790. The lowest BCUT2D eigenvalue weighted by molar-refractivity contribution is -0.142. The molecule has 0 bridgehead atoms. The minimum atomic E-state index is -0.271. The Morgan fingerprint density at radius 2 is 1.89 bits per heavy atom. The summed E-state index contributed by atoms with van der Waals surface area (Å²) in [6.45, 7) is 8.62. The van der Waals surface area contributed by atoms with E-state index in [1.807, 2.05) is 0 Å². The number of hydrogen-bond acceptors (Lipinski definition) is 2. The molecule has 1 aliphatic carbocycles. The average Bonchev–Trinajstić information content (AvgIpc) is 2.62. The van der Waals surface area contributed by atoms with Gasteiger partial charge >= 0.3 is 5.97 Å². The largest absolute Gasteiger partial charge is 0.462 e. The van der Waals surface area contributed by atoms with Crippen LogP contribution in [0.15, 0.2) is 12.7 Å². The molecule has 0 heterocycles. The van der Waals surface area contributed by atoms with Crippen molar-refractivity contribution in [3.05, 3.63) is 12.7 Å². The molecule has 0 aromatic heterocycles. The average molecular weight is 266 g/mol. The minimum Gasteiger partial charge on any atom is -0.462 e. The second kappa shape index (κ2) is 8.39. The maximum absolute atomic E-state index is 11.3. The first-order valence-corrected chi connectivity index (χ1v) is 7.87. The Labute approximate surface area is 118 Å². The Morgan fingerprint density at radius 3 is 2.42 bits per heavy atom. The number of esters is 1. The van der Waals surface area contributed by atoms with Crippen LogP contribution in [0.4, 0.5) is 0 Å². The monoisotopic (exact) mass is 266 g/mol. The first-order chi connectivity index (χ1) is 9.08. The van der Waals surface area contributed by atoms with Crippen molar-refractivity contribution in [3.63, 3.8) is 0 Å². The smallest absolute Gasteiger partial charge is 0.330 e. The number of hydrogen-bond donors (Lipinski definition) is 0. The van der Waals surface area contributed by atoms with Crippen LogP contribution in [0.2, 0.25) is 0 Å². The van der Waals surface area contributed by atoms with Gasteiger partial charge in [-0.2, -0.15) is 0 Å². The van der Waals surface area contributed by atoms with Gasteiger partial charge in [0.1, 0.15) is 0 Å². The summed E-state index contributed by atoms with van der Waals surface area (Å²) < 4.78 is 5.39. The van der Waals surface area contributed by atoms with E-state index in [0.29, 0.717) is 6.61 Å². The van der Waals surface area contributed by atoms with Gasteiger partial charge in [0.05, 0.1) is 6.61 Å². The van der Waals surface area contributed by atoms with Crippen LogP contribution in [-0.4, -0.2) is 12.6 Å². The zero-order chi connectivity index (χ0) is 14.1. The van der Waals surface area contributed by atoms with Crippen LogP contribution >= 0.6 is 0 Å². The molecule has 0 radical (unpaired) electrons. The van der Waals surface area contributed by atoms with Crippen LogP contribution in [0.3, 0.4) is 0 Å². The van der Waals surface area contributed by atoms with E-state index in [1.54, 1.807) is 0 Å². The van der Waals surface area contributed by atoms with Gasteiger partial charge < -0.3 is 4.74 Å². The van der Waals surface area contributed by atoms with Gasteiger partial charge in [0, 0.05) is 11.5 Å². The van der Waals surface area contributed by atoms with Crippen LogP contribution in [0, 0.1) is 11.3 Å². The molecule has 19 heavy (non-hydrogen) atoms. The molecular formula is C17H30O2. The van der Waals surface area contributed by atoms with Gasteiger partial charge in [-0.05, 0) is 25.2 Å². The normalized spacial score (nSPS) is 18.9. The third-order valence-corrected chi connectivity index (χ3v) is 4.34. The van der Waals surface area contributed by atoms with Crippen LogP contribution in [0.1, 0.15) is 71.6 Å². The third kappa shape index (κ3) is 6.26. The maximum Gasteiger partial charge on any atom is 0.330 e. The summed E-state index contributed by atoms with van der Waals surface area (Å²) in [5, 5.41) is 0. The zero-order valence-corrected chi connectivity index (χ0v) is 12.7. The summed E-state index contributed by atoms with van der Waals surface area (Å²) in [5.41, 5.74) is 0.240. The molecule has 0 spiro atoms. The second-order valence-corrected chi connectivity index (χ2v) is 6.51. The summed E-state index contributed by atoms with van der Waals surface area (Å²) >= 11 is 0. The molecule has 0 N–H and O–H groups in total. The molecule has 0 saturated heterocycles. The van der Waals surface area contributed by atoms with E-state index in [2.05, 4.69) is 20.4 Å². The summed E-state index contributed by atoms with van der Waals surface area (Å²) in [6, 6.07) is 0. The molecule has 2 nitrogen and oxygen atoms in total. The second-order valence-electron chi connectivity index (χ2n) is 6.51. The van der Waals surface area contributed by atoms with E-state index < -0.39 is 0 Å². The fourth-order valence-electron chi connectivity index (χ4n) is 3.11. The Kier molecular flexibility index (Phi) is 7.19. The minimum absolute atomic E-state index is 0.240. The van der Waals surface area contributed by atoms with Gasteiger partial charge in [-0.25, -0.2) is 4.79 Å². The molecule has 0 atom stereocenters. The summed E-state index contributed by atoms with van der Waals surface area (Å²) in [6.07, 6.45) is 12.7. The topological polar surface area (TPSA) is 26.3 Å². The van der Waals surface area contributed by atoms with Gasteiger partial charge in [0.25, 0.3) is 0 Å². The van der Waals surface area contributed by atoms with Crippen molar-refractivity contribution >= 4 is 5.97 Å². The standard InChI is InChI=1S/C17H30O2/c1-4-16(18)19-14-17(13-9-10-15(2)3)11-7-5-6-8-12-17/h4,15H,1,5-14H2,2-3H3. The molecular weight excluding hydrogens is 236 g/mol. The first kappa shape index (κ1) is 16.3. The van der Waals surface area contributed by atoms with E-state index >= 15 is 0 Å². The number of rotatable bonds is 7. The van der Waals surface area contributed by atoms with Gasteiger partial charge in [0.2, 0.25) is 0 Å². The van der Waals surface area contributed by atoms with E-state index in [9.17, 15) is 4.79 Å². The lowest BCUT2D eigenvalue weighted by atomic mass is 9.76. The highest BCUT2D eigenvalue weighted by molar-refractivity contribution is 5.81. The molecule has 0 aromatic carbocycles. The van der Waals surface area contributed by atoms with Crippen LogP contribution in [0.25, 0.3) is 0 Å². The Bertz CT molecular complexity index is 273. The highest BCUT2D eigenvalue weighted by atomic mass is 16.5. The number of ether oxygens (including phenoxy) is 1. The van der Waals surface area contributed by atoms with E-state index in [-0.39, 0.29) is 11.4 Å². The highest BCUT2D eigenvalue weighted by Gasteiger charge is 2.31. The molecule has 0 unspecified atom stereocenters. The Morgan fingerprint density at radius 1 is 1.26 bits per heavy atom. The lowest BCUT2D eigenvalue weighted by Gasteiger charge is -2.32. The molecule has 1 fully saturated rings. The van der Waals surface area contributed by atoms with Gasteiger partial charge in [-0.1, -0.05) is 59.0 Å². The fourth-order valence-corrected chi connectivity index (χ4v) is 3.11. The predicted molar refractivity (Wildman–Crippen MR) is 80.0 cm³/mol. The number of carbonyl (C=O) groups excluding carboxylic acids is 1. The fraction of sp³-hybridized carbons (Fsp3) is 0.824. The SMILES string of the molecule is C=CC(=O)OCC1(CCCC(C)C)CCCCCC1. The molecule has 1 rings (SSSR count). The predicted octanol–water partition coefficient (Wildman–Crippen LogP) is 4.88. The van der Waals surface area contributed by atoms with Crippen LogP contribution < -0.4 is 0 Å². The van der Waals surface area contributed by atoms with Crippen LogP contribution in [-0.2, 0) is 9.53 Å². The molecule has 0 amide bonds. The maximum atomic E-state index is 11.3. The van der Waals surface area contributed by atoms with Crippen molar-refractivity contribution in [2.75, 3.05) is 6.61 Å². The molecule has 1 aliphatic rings. The summed E-state index contributed by atoms with van der Waals surface area (Å²) in [5.74, 6) is 0.492. The van der Waals surface area contributed by atoms with E-state index in [1.165, 1.54) is 63.9 Å². The van der Waals surface area contributed by atoms with Gasteiger partial charge in [-0.3, -0.25) is 0 Å². The molecule has 110 valence electrons. The molecule has 2 heteroatoms. The highest BCUT2D eigenvalue weighted by Crippen LogP contribution is 2.40. The van der Waals surface area contributed by atoms with Gasteiger partial charge in [0.15, 0.2) is 0 Å². The first-order valence-electron chi connectivity index (χ1n) is 7.87. The van der Waals surface area contributed by atoms with Crippen molar-refractivity contribution in [2.24, 2.45) is 11.3 Å². The third-order valence-electron chi connectivity index (χ3n) is 4.34. The van der Waals surface area contributed by atoms with Crippen molar-refractivity contribution in [1.29, 1.82) is 0 Å². The van der Waals surface area contributed by atoms with Gasteiger partial charge in [-0.15, -0.1) is 0 Å². The molecule has 0 aliphatic heterocycles. The van der Waals surface area contributed by atoms with E-state index in [4.69, 9.17) is 4.74 Å². The number of carbonyl (C=O) groups is 1. The van der Waals surface area contributed by atoms with Crippen molar-refractivity contribution in [3.8, 4) is 0 Å². The quantitative estimate of drug-likeness (QED) is 0.373. The molecule has 1 saturated carbocycles.